The van der Waals surface area contributed by atoms with Crippen molar-refractivity contribution >= 4 is 5.82 Å². The van der Waals surface area contributed by atoms with Crippen LogP contribution < -0.4 is 11.1 Å². The standard InChI is InChI=1S/C12H15N5O/c13-11-5-8(1-2-15-11)9-6-16-17-12(9)10-7-14-3-4-18-10/h1-2,5-6,10,14H,3-4,7H2,(H2,13,15)(H,16,17)/t10-/m0/s1. The van der Waals surface area contributed by atoms with Crippen molar-refractivity contribution in [1.29, 1.82) is 0 Å². The molecule has 1 fully saturated rings. The summed E-state index contributed by atoms with van der Waals surface area (Å²) in [6, 6.07) is 3.76. The van der Waals surface area contributed by atoms with Crippen LogP contribution in [0.3, 0.4) is 0 Å². The smallest absolute Gasteiger partial charge is 0.123 e. The van der Waals surface area contributed by atoms with Gasteiger partial charge in [0, 0.05) is 24.8 Å². The lowest BCUT2D eigenvalue weighted by molar-refractivity contribution is 0.0253. The van der Waals surface area contributed by atoms with Gasteiger partial charge in [0.1, 0.15) is 11.9 Å². The number of nitrogens with one attached hydrogen (secondary N) is 2. The van der Waals surface area contributed by atoms with Gasteiger partial charge in [-0.15, -0.1) is 0 Å². The first-order valence-electron chi connectivity index (χ1n) is 5.92. The number of aromatic amines is 1. The van der Waals surface area contributed by atoms with Crippen LogP contribution in [0.1, 0.15) is 11.8 Å². The van der Waals surface area contributed by atoms with Crippen molar-refractivity contribution in [2.75, 3.05) is 25.4 Å². The number of nitrogen functional groups attached to an aromatic ring is 1. The van der Waals surface area contributed by atoms with Crippen LogP contribution in [0.5, 0.6) is 0 Å². The molecule has 0 aliphatic carbocycles. The van der Waals surface area contributed by atoms with E-state index in [0.717, 1.165) is 29.9 Å². The summed E-state index contributed by atoms with van der Waals surface area (Å²) < 4.78 is 5.73. The monoisotopic (exact) mass is 245 g/mol. The first-order valence-corrected chi connectivity index (χ1v) is 5.92. The Morgan fingerprint density at radius 3 is 3.17 bits per heavy atom. The predicted molar refractivity (Wildman–Crippen MR) is 67.8 cm³/mol. The zero-order valence-electron chi connectivity index (χ0n) is 9.89. The number of morpholine rings is 1. The molecule has 0 aromatic carbocycles. The maximum atomic E-state index is 5.73. The van der Waals surface area contributed by atoms with E-state index in [1.54, 1.807) is 12.4 Å². The molecule has 1 saturated heterocycles. The van der Waals surface area contributed by atoms with E-state index in [0.29, 0.717) is 12.4 Å². The third-order valence-corrected chi connectivity index (χ3v) is 3.01. The molecule has 0 amide bonds. The van der Waals surface area contributed by atoms with Crippen molar-refractivity contribution in [3.63, 3.8) is 0 Å². The number of anilines is 1. The first kappa shape index (κ1) is 11.2. The van der Waals surface area contributed by atoms with Gasteiger partial charge >= 0.3 is 0 Å². The molecule has 2 aromatic heterocycles. The van der Waals surface area contributed by atoms with Crippen LogP contribution in [0.4, 0.5) is 5.82 Å². The molecule has 1 aliphatic rings. The molecule has 4 N–H and O–H groups in total. The molecule has 18 heavy (non-hydrogen) atoms. The number of ether oxygens (including phenoxy) is 1. The Morgan fingerprint density at radius 2 is 2.39 bits per heavy atom. The molecular formula is C12H15N5O. The Balaban J connectivity index is 1.95. The SMILES string of the molecule is Nc1cc(-c2cn[nH]c2[C@@H]2CNCCO2)ccn1. The van der Waals surface area contributed by atoms with Crippen LogP contribution in [0.2, 0.25) is 0 Å². The van der Waals surface area contributed by atoms with Gasteiger partial charge < -0.3 is 15.8 Å². The summed E-state index contributed by atoms with van der Waals surface area (Å²) in [5, 5.41) is 10.4. The van der Waals surface area contributed by atoms with Crippen LogP contribution in [0.15, 0.2) is 24.5 Å². The zero-order valence-corrected chi connectivity index (χ0v) is 9.89. The third-order valence-electron chi connectivity index (χ3n) is 3.01. The molecular weight excluding hydrogens is 230 g/mol. The van der Waals surface area contributed by atoms with E-state index in [1.165, 1.54) is 0 Å². The molecule has 0 spiro atoms. The highest BCUT2D eigenvalue weighted by Crippen LogP contribution is 2.29. The summed E-state index contributed by atoms with van der Waals surface area (Å²) in [4.78, 5) is 4.00. The highest BCUT2D eigenvalue weighted by molar-refractivity contribution is 5.67. The van der Waals surface area contributed by atoms with Gasteiger partial charge in [0.2, 0.25) is 0 Å². The summed E-state index contributed by atoms with van der Waals surface area (Å²) >= 11 is 0. The van der Waals surface area contributed by atoms with Gasteiger partial charge in [-0.05, 0) is 17.7 Å². The minimum Gasteiger partial charge on any atom is -0.384 e. The molecule has 1 aliphatic heterocycles. The molecule has 94 valence electrons. The zero-order chi connectivity index (χ0) is 12.4. The van der Waals surface area contributed by atoms with E-state index < -0.39 is 0 Å². The number of rotatable bonds is 2. The summed E-state index contributed by atoms with van der Waals surface area (Å²) in [7, 11) is 0. The molecule has 6 nitrogen and oxygen atoms in total. The van der Waals surface area contributed by atoms with E-state index >= 15 is 0 Å². The number of pyridine rings is 1. The first-order chi connectivity index (χ1) is 8.84. The second-order valence-corrected chi connectivity index (χ2v) is 4.23. The normalized spacial score (nSPS) is 19.9. The summed E-state index contributed by atoms with van der Waals surface area (Å²) in [6.45, 7) is 2.39. The Kier molecular flexibility index (Phi) is 2.95. The van der Waals surface area contributed by atoms with Crippen LogP contribution >= 0.6 is 0 Å². The summed E-state index contributed by atoms with van der Waals surface area (Å²) in [5.74, 6) is 0.502. The van der Waals surface area contributed by atoms with Crippen LogP contribution in [-0.4, -0.2) is 34.9 Å². The second kappa shape index (κ2) is 4.75. The second-order valence-electron chi connectivity index (χ2n) is 4.23. The van der Waals surface area contributed by atoms with E-state index in [2.05, 4.69) is 20.5 Å². The predicted octanol–water partition coefficient (Wildman–Crippen LogP) is 0.715. The Morgan fingerprint density at radius 1 is 1.44 bits per heavy atom. The molecule has 3 rings (SSSR count). The van der Waals surface area contributed by atoms with Crippen molar-refractivity contribution in [1.82, 2.24) is 20.5 Å². The van der Waals surface area contributed by atoms with E-state index in [9.17, 15) is 0 Å². The fourth-order valence-corrected chi connectivity index (χ4v) is 2.14. The molecule has 3 heterocycles. The lowest BCUT2D eigenvalue weighted by Crippen LogP contribution is -2.33. The molecule has 0 saturated carbocycles. The lowest BCUT2D eigenvalue weighted by atomic mass is 10.0. The fraction of sp³-hybridized carbons (Fsp3) is 0.333. The molecule has 0 bridgehead atoms. The van der Waals surface area contributed by atoms with Gasteiger partial charge in [-0.1, -0.05) is 0 Å². The molecule has 0 unspecified atom stereocenters. The number of H-pyrrole nitrogens is 1. The van der Waals surface area contributed by atoms with Crippen molar-refractivity contribution in [3.8, 4) is 11.1 Å². The van der Waals surface area contributed by atoms with E-state index in [1.807, 2.05) is 12.1 Å². The Labute approximate surface area is 105 Å². The summed E-state index contributed by atoms with van der Waals surface area (Å²) in [5.41, 5.74) is 8.70. The average Bonchev–Trinajstić information content (AvgIpc) is 2.89. The van der Waals surface area contributed by atoms with Gasteiger partial charge in [-0.25, -0.2) is 4.98 Å². The Bertz CT molecular complexity index is 533. The van der Waals surface area contributed by atoms with E-state index in [-0.39, 0.29) is 6.10 Å². The molecule has 0 radical (unpaired) electrons. The van der Waals surface area contributed by atoms with Crippen molar-refractivity contribution in [3.05, 3.63) is 30.2 Å². The third kappa shape index (κ3) is 2.07. The van der Waals surface area contributed by atoms with Crippen molar-refractivity contribution in [2.45, 2.75) is 6.10 Å². The molecule has 6 heteroatoms. The van der Waals surface area contributed by atoms with Gasteiger partial charge in [0.05, 0.1) is 18.5 Å². The van der Waals surface area contributed by atoms with Crippen LogP contribution in [0.25, 0.3) is 11.1 Å². The maximum absolute atomic E-state index is 5.73. The molecule has 2 aromatic rings. The van der Waals surface area contributed by atoms with Crippen LogP contribution in [0, 0.1) is 0 Å². The highest BCUT2D eigenvalue weighted by Gasteiger charge is 2.21. The van der Waals surface area contributed by atoms with Crippen molar-refractivity contribution < 1.29 is 4.74 Å². The van der Waals surface area contributed by atoms with Gasteiger partial charge in [-0.3, -0.25) is 5.10 Å². The topological polar surface area (TPSA) is 88.8 Å². The van der Waals surface area contributed by atoms with Gasteiger partial charge in [0.25, 0.3) is 0 Å². The van der Waals surface area contributed by atoms with Gasteiger partial charge in [0.15, 0.2) is 0 Å². The van der Waals surface area contributed by atoms with Crippen molar-refractivity contribution in [2.24, 2.45) is 0 Å². The van der Waals surface area contributed by atoms with Gasteiger partial charge in [-0.2, -0.15) is 5.10 Å². The molecule has 1 atom stereocenters. The number of nitrogens with two attached hydrogens (primary N) is 1. The fourth-order valence-electron chi connectivity index (χ4n) is 2.14. The average molecular weight is 245 g/mol. The quantitative estimate of drug-likeness (QED) is 0.725. The number of nitrogens with zero attached hydrogens (tertiary/aromatic N) is 2. The highest BCUT2D eigenvalue weighted by atomic mass is 16.5. The summed E-state index contributed by atoms with van der Waals surface area (Å²) in [6.07, 6.45) is 3.49. The number of aromatic nitrogens is 3. The number of hydrogen-bond acceptors (Lipinski definition) is 5. The largest absolute Gasteiger partial charge is 0.384 e. The minimum atomic E-state index is 0.00522. The lowest BCUT2D eigenvalue weighted by Gasteiger charge is -2.23. The van der Waals surface area contributed by atoms with E-state index in [4.69, 9.17) is 10.5 Å². The minimum absolute atomic E-state index is 0.00522. The number of hydrogen-bond donors (Lipinski definition) is 3. The Hall–Kier alpha value is -1.92. The maximum Gasteiger partial charge on any atom is 0.123 e. The van der Waals surface area contributed by atoms with Crippen LogP contribution in [-0.2, 0) is 4.74 Å².